The van der Waals surface area contributed by atoms with Gasteiger partial charge in [-0.3, -0.25) is 4.79 Å². The number of aliphatic carboxylic acids is 1. The second-order valence-corrected chi connectivity index (χ2v) is 7.96. The van der Waals surface area contributed by atoms with Crippen molar-refractivity contribution in [1.29, 1.82) is 0 Å². The summed E-state index contributed by atoms with van der Waals surface area (Å²) in [4.78, 5) is 10.5. The van der Waals surface area contributed by atoms with Crippen LogP contribution in [0.4, 0.5) is 0 Å². The zero-order valence-corrected chi connectivity index (χ0v) is 16.8. The Kier molecular flexibility index (Phi) is 11.6. The molecule has 2 unspecified atom stereocenters. The minimum absolute atomic E-state index is 0.0402. The summed E-state index contributed by atoms with van der Waals surface area (Å²) < 4.78 is 0. The Labute approximate surface area is 163 Å². The number of hydrogen-bond donors (Lipinski definition) is 4. The third-order valence-electron chi connectivity index (χ3n) is 5.66. The first-order chi connectivity index (χ1) is 12.9. The van der Waals surface area contributed by atoms with E-state index in [1.54, 1.807) is 0 Å². The standard InChI is InChI=1S/C22H38O5/c1-3-4-10-16(2)19(23)13-9-12-18-17(20(24)15-21(18)25)11-7-5-6-8-14-22(26)27/h5,7,9,12,16-21,23-25H,3-4,6,8,10-11,13-15H2,1-2H3,(H,26,27)/t16?,17-,18-,19?,20-,21-/m1/s1. The molecule has 0 aromatic rings. The van der Waals surface area contributed by atoms with Crippen LogP contribution < -0.4 is 0 Å². The van der Waals surface area contributed by atoms with Crippen LogP contribution in [0.5, 0.6) is 0 Å². The fourth-order valence-corrected chi connectivity index (χ4v) is 3.77. The summed E-state index contributed by atoms with van der Waals surface area (Å²) in [5, 5.41) is 39.4. The maximum atomic E-state index is 10.5. The van der Waals surface area contributed by atoms with Crippen molar-refractivity contribution in [1.82, 2.24) is 0 Å². The van der Waals surface area contributed by atoms with Crippen molar-refractivity contribution in [2.24, 2.45) is 17.8 Å². The Bertz CT molecular complexity index is 473. The molecule has 1 aliphatic rings. The normalized spacial score (nSPS) is 28.2. The molecule has 156 valence electrons. The quantitative estimate of drug-likeness (QED) is 0.288. The van der Waals surface area contributed by atoms with Crippen LogP contribution in [0.2, 0.25) is 0 Å². The van der Waals surface area contributed by atoms with Gasteiger partial charge in [0.05, 0.1) is 18.3 Å². The van der Waals surface area contributed by atoms with E-state index in [-0.39, 0.29) is 30.3 Å². The summed E-state index contributed by atoms with van der Waals surface area (Å²) >= 11 is 0. The van der Waals surface area contributed by atoms with E-state index in [0.29, 0.717) is 32.1 Å². The van der Waals surface area contributed by atoms with Crippen molar-refractivity contribution < 1.29 is 25.2 Å². The van der Waals surface area contributed by atoms with Crippen LogP contribution in [0.15, 0.2) is 24.3 Å². The summed E-state index contributed by atoms with van der Waals surface area (Å²) in [6.07, 6.45) is 12.7. The van der Waals surface area contributed by atoms with Crippen LogP contribution in [0.25, 0.3) is 0 Å². The molecule has 0 radical (unpaired) electrons. The molecule has 1 saturated carbocycles. The third kappa shape index (κ3) is 9.04. The van der Waals surface area contributed by atoms with Gasteiger partial charge in [0, 0.05) is 18.8 Å². The molecule has 0 amide bonds. The molecule has 0 heterocycles. The van der Waals surface area contributed by atoms with Gasteiger partial charge in [0.15, 0.2) is 0 Å². The zero-order valence-electron chi connectivity index (χ0n) is 16.8. The molecule has 1 fully saturated rings. The summed E-state index contributed by atoms with van der Waals surface area (Å²) in [5.41, 5.74) is 0. The fourth-order valence-electron chi connectivity index (χ4n) is 3.77. The number of carboxylic acid groups (broad SMARTS) is 1. The van der Waals surface area contributed by atoms with Gasteiger partial charge in [0.1, 0.15) is 0 Å². The van der Waals surface area contributed by atoms with Crippen molar-refractivity contribution in [3.8, 4) is 0 Å². The van der Waals surface area contributed by atoms with Gasteiger partial charge in [-0.15, -0.1) is 0 Å². The first kappa shape index (κ1) is 23.9. The number of allylic oxidation sites excluding steroid dienone is 2. The molecule has 1 rings (SSSR count). The van der Waals surface area contributed by atoms with Gasteiger partial charge >= 0.3 is 5.97 Å². The maximum Gasteiger partial charge on any atom is 0.303 e. The Balaban J connectivity index is 2.48. The second kappa shape index (κ2) is 13.1. The van der Waals surface area contributed by atoms with Gasteiger partial charge in [0.25, 0.3) is 0 Å². The molecule has 0 bridgehead atoms. The number of unbranched alkanes of at least 4 members (excludes halogenated alkanes) is 2. The van der Waals surface area contributed by atoms with Crippen molar-refractivity contribution in [2.75, 3.05) is 0 Å². The zero-order chi connectivity index (χ0) is 20.2. The maximum absolute atomic E-state index is 10.5. The number of hydrogen-bond acceptors (Lipinski definition) is 4. The van der Waals surface area contributed by atoms with Crippen LogP contribution in [-0.4, -0.2) is 44.7 Å². The highest BCUT2D eigenvalue weighted by molar-refractivity contribution is 5.66. The molecular formula is C22H38O5. The van der Waals surface area contributed by atoms with Gasteiger partial charge in [-0.05, 0) is 43.9 Å². The average molecular weight is 383 g/mol. The lowest BCUT2D eigenvalue weighted by atomic mass is 9.89. The molecule has 27 heavy (non-hydrogen) atoms. The van der Waals surface area contributed by atoms with Gasteiger partial charge in [-0.1, -0.05) is 51.0 Å². The van der Waals surface area contributed by atoms with E-state index >= 15 is 0 Å². The van der Waals surface area contributed by atoms with Crippen molar-refractivity contribution >= 4 is 5.97 Å². The Morgan fingerprint density at radius 3 is 2.56 bits per heavy atom. The molecule has 0 aromatic carbocycles. The molecule has 0 spiro atoms. The lowest BCUT2D eigenvalue weighted by Gasteiger charge is -2.20. The monoisotopic (exact) mass is 382 g/mol. The van der Waals surface area contributed by atoms with Crippen LogP contribution in [-0.2, 0) is 4.79 Å². The fraction of sp³-hybridized carbons (Fsp3) is 0.773. The highest BCUT2D eigenvalue weighted by atomic mass is 16.4. The van der Waals surface area contributed by atoms with E-state index in [1.165, 1.54) is 0 Å². The van der Waals surface area contributed by atoms with Gasteiger partial charge in [0.2, 0.25) is 0 Å². The Hall–Kier alpha value is -1.17. The Morgan fingerprint density at radius 1 is 1.15 bits per heavy atom. The molecule has 5 heteroatoms. The average Bonchev–Trinajstić information content (AvgIpc) is 2.88. The van der Waals surface area contributed by atoms with E-state index in [9.17, 15) is 20.1 Å². The summed E-state index contributed by atoms with van der Waals surface area (Å²) in [6, 6.07) is 0. The highest BCUT2D eigenvalue weighted by Crippen LogP contribution is 2.36. The third-order valence-corrected chi connectivity index (χ3v) is 5.66. The first-order valence-corrected chi connectivity index (χ1v) is 10.4. The lowest BCUT2D eigenvalue weighted by molar-refractivity contribution is -0.137. The summed E-state index contributed by atoms with van der Waals surface area (Å²) in [5.74, 6) is -0.671. The molecule has 6 atom stereocenters. The molecule has 4 N–H and O–H groups in total. The van der Waals surface area contributed by atoms with Gasteiger partial charge < -0.3 is 20.4 Å². The van der Waals surface area contributed by atoms with E-state index in [0.717, 1.165) is 19.3 Å². The first-order valence-electron chi connectivity index (χ1n) is 10.4. The number of aliphatic hydroxyl groups is 3. The molecular weight excluding hydrogens is 344 g/mol. The van der Waals surface area contributed by atoms with Crippen molar-refractivity contribution in [2.45, 2.75) is 89.9 Å². The number of aliphatic hydroxyl groups excluding tert-OH is 3. The number of carbonyl (C=O) groups is 1. The smallest absolute Gasteiger partial charge is 0.303 e. The Morgan fingerprint density at radius 2 is 1.89 bits per heavy atom. The summed E-state index contributed by atoms with van der Waals surface area (Å²) in [7, 11) is 0. The van der Waals surface area contributed by atoms with E-state index in [2.05, 4.69) is 13.8 Å². The molecule has 1 aliphatic carbocycles. The number of rotatable bonds is 13. The minimum Gasteiger partial charge on any atom is -0.481 e. The van der Waals surface area contributed by atoms with Crippen LogP contribution in [0.1, 0.15) is 71.6 Å². The molecule has 5 nitrogen and oxygen atoms in total. The minimum atomic E-state index is -0.783. The second-order valence-electron chi connectivity index (χ2n) is 7.96. The van der Waals surface area contributed by atoms with Crippen LogP contribution in [0, 0.1) is 17.8 Å². The van der Waals surface area contributed by atoms with Gasteiger partial charge in [-0.25, -0.2) is 0 Å². The van der Waals surface area contributed by atoms with E-state index in [4.69, 9.17) is 5.11 Å². The predicted molar refractivity (Wildman–Crippen MR) is 107 cm³/mol. The topological polar surface area (TPSA) is 98.0 Å². The van der Waals surface area contributed by atoms with Crippen molar-refractivity contribution in [3.63, 3.8) is 0 Å². The molecule has 0 aliphatic heterocycles. The van der Waals surface area contributed by atoms with Gasteiger partial charge in [-0.2, -0.15) is 0 Å². The highest BCUT2D eigenvalue weighted by Gasteiger charge is 2.39. The largest absolute Gasteiger partial charge is 0.481 e. The molecule has 0 aromatic heterocycles. The summed E-state index contributed by atoms with van der Waals surface area (Å²) in [6.45, 7) is 4.22. The van der Waals surface area contributed by atoms with E-state index in [1.807, 2.05) is 24.3 Å². The predicted octanol–water partition coefficient (Wildman–Crippen LogP) is 3.68. The SMILES string of the molecule is CCCCC(C)C(O)CC=C[C@@H]1[C@@H](CC=CCCCC(=O)O)[C@H](O)C[C@H]1O. The van der Waals surface area contributed by atoms with Crippen molar-refractivity contribution in [3.05, 3.63) is 24.3 Å². The van der Waals surface area contributed by atoms with E-state index < -0.39 is 18.2 Å². The van der Waals surface area contributed by atoms with Crippen LogP contribution in [0.3, 0.4) is 0 Å². The van der Waals surface area contributed by atoms with Crippen LogP contribution >= 0.6 is 0 Å². The number of carboxylic acids is 1. The lowest BCUT2D eigenvalue weighted by Crippen LogP contribution is -2.20. The molecule has 0 saturated heterocycles.